The number of unbranched alkanes of at least 4 members (excludes halogenated alkanes) is 3. The van der Waals surface area contributed by atoms with Crippen LogP contribution in [-0.4, -0.2) is 40.5 Å². The van der Waals surface area contributed by atoms with Gasteiger partial charge in [0, 0.05) is 17.1 Å². The van der Waals surface area contributed by atoms with E-state index in [9.17, 15) is 5.21 Å². The van der Waals surface area contributed by atoms with Crippen LogP contribution in [0.5, 0.6) is 0 Å². The predicted molar refractivity (Wildman–Crippen MR) is 82.8 cm³/mol. The number of rotatable bonds is 8. The predicted octanol–water partition coefficient (Wildman–Crippen LogP) is 3.04. The van der Waals surface area contributed by atoms with E-state index in [1.54, 1.807) is 6.26 Å². The maximum atomic E-state index is 10.3. The highest BCUT2D eigenvalue weighted by molar-refractivity contribution is 4.98. The summed E-state index contributed by atoms with van der Waals surface area (Å²) < 4.78 is 4.65. The maximum absolute atomic E-state index is 10.3. The van der Waals surface area contributed by atoms with Crippen LogP contribution < -0.4 is 5.32 Å². The van der Waals surface area contributed by atoms with Crippen LogP contribution in [0.15, 0.2) is 0 Å². The third kappa shape index (κ3) is 5.82. The van der Waals surface area contributed by atoms with Crippen LogP contribution in [0, 0.1) is 11.5 Å². The zero-order valence-corrected chi connectivity index (χ0v) is 14.0. The Morgan fingerprint density at radius 1 is 1.14 bits per heavy atom. The summed E-state index contributed by atoms with van der Waals surface area (Å²) in [4.78, 5) is 0. The molecule has 0 saturated carbocycles. The summed E-state index contributed by atoms with van der Waals surface area (Å²) in [6, 6.07) is 0.459. The standard InChI is InChI=1S/C16H31N3O2/c1-15(2)11-14(12-16(3,4)19(15)20)18-9-7-5-6-8-10-21-13-17/h14,18,20H,5-12H2,1-4H3. The van der Waals surface area contributed by atoms with Gasteiger partial charge in [0.05, 0.1) is 0 Å². The molecule has 0 aromatic rings. The molecule has 1 aliphatic heterocycles. The molecule has 0 aliphatic carbocycles. The highest BCUT2D eigenvalue weighted by Crippen LogP contribution is 2.36. The van der Waals surface area contributed by atoms with Crippen molar-refractivity contribution in [2.45, 2.75) is 83.3 Å². The van der Waals surface area contributed by atoms with Gasteiger partial charge in [0.25, 0.3) is 6.26 Å². The molecule has 21 heavy (non-hydrogen) atoms. The van der Waals surface area contributed by atoms with Gasteiger partial charge in [-0.2, -0.15) is 10.3 Å². The van der Waals surface area contributed by atoms with Crippen molar-refractivity contribution >= 4 is 0 Å². The van der Waals surface area contributed by atoms with Gasteiger partial charge < -0.3 is 15.3 Å². The number of piperidine rings is 1. The van der Waals surface area contributed by atoms with Crippen molar-refractivity contribution in [3.05, 3.63) is 0 Å². The van der Waals surface area contributed by atoms with Gasteiger partial charge in [0.15, 0.2) is 0 Å². The number of nitrogens with zero attached hydrogens (tertiary/aromatic N) is 2. The van der Waals surface area contributed by atoms with E-state index in [0.717, 1.165) is 45.1 Å². The molecule has 0 unspecified atom stereocenters. The molecule has 122 valence electrons. The summed E-state index contributed by atoms with van der Waals surface area (Å²) in [5, 5.41) is 23.7. The Morgan fingerprint density at radius 3 is 2.29 bits per heavy atom. The fourth-order valence-corrected chi connectivity index (χ4v) is 3.42. The van der Waals surface area contributed by atoms with Gasteiger partial charge in [-0.25, -0.2) is 0 Å². The van der Waals surface area contributed by atoms with Crippen molar-refractivity contribution in [2.24, 2.45) is 0 Å². The van der Waals surface area contributed by atoms with Crippen molar-refractivity contribution in [3.8, 4) is 6.26 Å². The van der Waals surface area contributed by atoms with Gasteiger partial charge in [-0.15, -0.1) is 0 Å². The van der Waals surface area contributed by atoms with E-state index in [2.05, 4.69) is 37.7 Å². The Kier molecular flexibility index (Phi) is 6.92. The first-order chi connectivity index (χ1) is 9.79. The van der Waals surface area contributed by atoms with Crippen LogP contribution in [0.3, 0.4) is 0 Å². The maximum Gasteiger partial charge on any atom is 0.286 e. The molecular weight excluding hydrogens is 266 g/mol. The zero-order chi connectivity index (χ0) is 15.9. The molecule has 5 nitrogen and oxygen atoms in total. The molecule has 5 heteroatoms. The lowest BCUT2D eigenvalue weighted by atomic mass is 9.79. The van der Waals surface area contributed by atoms with Gasteiger partial charge in [0.2, 0.25) is 0 Å². The molecule has 1 aliphatic rings. The Hall–Kier alpha value is -0.830. The van der Waals surface area contributed by atoms with Crippen LogP contribution in [0.25, 0.3) is 0 Å². The van der Waals surface area contributed by atoms with E-state index in [-0.39, 0.29) is 11.1 Å². The molecule has 1 saturated heterocycles. The minimum Gasteiger partial charge on any atom is -0.428 e. The summed E-state index contributed by atoms with van der Waals surface area (Å²) in [6.45, 7) is 9.94. The molecule has 0 aromatic heterocycles. The lowest BCUT2D eigenvalue weighted by Gasteiger charge is -2.51. The third-order valence-corrected chi connectivity index (χ3v) is 4.31. The van der Waals surface area contributed by atoms with Crippen molar-refractivity contribution in [1.82, 2.24) is 10.4 Å². The smallest absolute Gasteiger partial charge is 0.286 e. The Bertz CT molecular complexity index is 332. The normalized spacial score (nSPS) is 21.9. The van der Waals surface area contributed by atoms with Crippen molar-refractivity contribution in [2.75, 3.05) is 13.2 Å². The molecule has 0 aromatic carbocycles. The first-order valence-electron chi connectivity index (χ1n) is 8.03. The number of hydrogen-bond acceptors (Lipinski definition) is 5. The molecule has 1 rings (SSSR count). The van der Waals surface area contributed by atoms with Gasteiger partial charge in [0.1, 0.15) is 6.61 Å². The molecule has 1 fully saturated rings. The first kappa shape index (κ1) is 18.2. The van der Waals surface area contributed by atoms with Crippen LogP contribution in [-0.2, 0) is 4.74 Å². The summed E-state index contributed by atoms with van der Waals surface area (Å²) in [6.07, 6.45) is 7.98. The zero-order valence-electron chi connectivity index (χ0n) is 14.0. The second kappa shape index (κ2) is 7.98. The topological polar surface area (TPSA) is 68.5 Å². The molecule has 2 N–H and O–H groups in total. The lowest BCUT2D eigenvalue weighted by molar-refractivity contribution is -0.246. The van der Waals surface area contributed by atoms with Crippen LogP contribution in [0.2, 0.25) is 0 Å². The van der Waals surface area contributed by atoms with Gasteiger partial charge in [-0.1, -0.05) is 6.42 Å². The second-order valence-corrected chi connectivity index (χ2v) is 7.35. The summed E-state index contributed by atoms with van der Waals surface area (Å²) in [5.41, 5.74) is -0.373. The van der Waals surface area contributed by atoms with E-state index in [4.69, 9.17) is 5.26 Å². The molecule has 1 heterocycles. The average molecular weight is 297 g/mol. The highest BCUT2D eigenvalue weighted by atomic mass is 16.5. The van der Waals surface area contributed by atoms with E-state index in [1.165, 1.54) is 5.06 Å². The molecule has 0 bridgehead atoms. The summed E-state index contributed by atoms with van der Waals surface area (Å²) >= 11 is 0. The van der Waals surface area contributed by atoms with Gasteiger partial charge >= 0.3 is 0 Å². The van der Waals surface area contributed by atoms with Crippen molar-refractivity contribution in [1.29, 1.82) is 5.26 Å². The summed E-state index contributed by atoms with van der Waals surface area (Å²) in [7, 11) is 0. The average Bonchev–Trinajstić information content (AvgIpc) is 2.38. The van der Waals surface area contributed by atoms with Crippen molar-refractivity contribution in [3.63, 3.8) is 0 Å². The molecule has 0 spiro atoms. The number of hydroxylamine groups is 2. The Balaban J connectivity index is 2.20. The third-order valence-electron chi connectivity index (χ3n) is 4.31. The van der Waals surface area contributed by atoms with Crippen molar-refractivity contribution < 1.29 is 9.94 Å². The number of nitrogens with one attached hydrogen (secondary N) is 1. The SMILES string of the molecule is CC1(C)CC(NCCCCCCOC#N)CC(C)(C)N1O. The fourth-order valence-electron chi connectivity index (χ4n) is 3.42. The number of hydrogen-bond donors (Lipinski definition) is 2. The number of nitriles is 1. The molecule has 0 atom stereocenters. The van der Waals surface area contributed by atoms with E-state index >= 15 is 0 Å². The highest BCUT2D eigenvalue weighted by Gasteiger charge is 2.44. The Labute approximate surface area is 129 Å². The van der Waals surface area contributed by atoms with Crippen LogP contribution in [0.1, 0.15) is 66.2 Å². The van der Waals surface area contributed by atoms with E-state index < -0.39 is 0 Å². The van der Waals surface area contributed by atoms with E-state index in [0.29, 0.717) is 12.6 Å². The quantitative estimate of drug-likeness (QED) is 0.532. The lowest BCUT2D eigenvalue weighted by Crippen LogP contribution is -2.62. The monoisotopic (exact) mass is 297 g/mol. The Morgan fingerprint density at radius 2 is 1.71 bits per heavy atom. The van der Waals surface area contributed by atoms with Gasteiger partial charge in [-0.05, 0) is 66.3 Å². The molecule has 0 amide bonds. The fraction of sp³-hybridized carbons (Fsp3) is 0.938. The van der Waals surface area contributed by atoms with Gasteiger partial charge in [-0.3, -0.25) is 0 Å². The van der Waals surface area contributed by atoms with Crippen LogP contribution >= 0.6 is 0 Å². The molecule has 0 radical (unpaired) electrons. The minimum atomic E-state index is -0.186. The summed E-state index contributed by atoms with van der Waals surface area (Å²) in [5.74, 6) is 0. The largest absolute Gasteiger partial charge is 0.428 e. The minimum absolute atomic E-state index is 0.186. The van der Waals surface area contributed by atoms with E-state index in [1.807, 2.05) is 0 Å². The second-order valence-electron chi connectivity index (χ2n) is 7.35. The van der Waals surface area contributed by atoms with Crippen LogP contribution in [0.4, 0.5) is 0 Å². The number of ether oxygens (including phenoxy) is 1. The molecular formula is C16H31N3O2. The first-order valence-corrected chi connectivity index (χ1v) is 8.03.